The number of thioether (sulfide) groups is 1. The van der Waals surface area contributed by atoms with E-state index in [1.54, 1.807) is 43.5 Å². The van der Waals surface area contributed by atoms with Crippen LogP contribution in [0.3, 0.4) is 0 Å². The van der Waals surface area contributed by atoms with Gasteiger partial charge < -0.3 is 20.3 Å². The van der Waals surface area contributed by atoms with Gasteiger partial charge in [0.25, 0.3) is 5.91 Å². The second-order valence-corrected chi connectivity index (χ2v) is 13.1. The Labute approximate surface area is 261 Å². The average Bonchev–Trinajstić information content (AvgIpc) is 2.90. The summed E-state index contributed by atoms with van der Waals surface area (Å²) in [7, 11) is 0. The van der Waals surface area contributed by atoms with Crippen molar-refractivity contribution in [1.29, 1.82) is 0 Å². The van der Waals surface area contributed by atoms with Crippen LogP contribution in [0.4, 0.5) is 10.5 Å². The molecule has 42 heavy (non-hydrogen) atoms. The first-order valence-corrected chi connectivity index (χ1v) is 16.5. The van der Waals surface area contributed by atoms with E-state index in [9.17, 15) is 14.4 Å². The SMILES string of the molecule is CCCCCCN(C(=O)C(CCSC)NC(=O)OC(C)(C)C)C(C(=O)Nc1c(C)cccc1Cl)c1cc(C)ccc1C. The van der Waals surface area contributed by atoms with E-state index in [0.717, 1.165) is 47.9 Å². The summed E-state index contributed by atoms with van der Waals surface area (Å²) in [6.07, 6.45) is 5.39. The molecule has 0 heterocycles. The molecule has 2 unspecified atom stereocenters. The van der Waals surface area contributed by atoms with Gasteiger partial charge in [0.2, 0.25) is 5.91 Å². The summed E-state index contributed by atoms with van der Waals surface area (Å²) in [5, 5.41) is 6.27. The van der Waals surface area contributed by atoms with Crippen LogP contribution in [0.5, 0.6) is 0 Å². The van der Waals surface area contributed by atoms with E-state index in [1.807, 2.05) is 57.4 Å². The summed E-state index contributed by atoms with van der Waals surface area (Å²) in [5.74, 6) is -0.0253. The van der Waals surface area contributed by atoms with Crippen molar-refractivity contribution < 1.29 is 19.1 Å². The van der Waals surface area contributed by atoms with E-state index in [4.69, 9.17) is 16.3 Å². The lowest BCUT2D eigenvalue weighted by atomic mass is 9.95. The predicted molar refractivity (Wildman–Crippen MR) is 175 cm³/mol. The summed E-state index contributed by atoms with van der Waals surface area (Å²) in [5.41, 5.74) is 3.23. The van der Waals surface area contributed by atoms with Crippen LogP contribution in [0.1, 0.15) is 88.1 Å². The highest BCUT2D eigenvalue weighted by atomic mass is 35.5. The number of amides is 3. The fraction of sp³-hybridized carbons (Fsp3) is 0.545. The molecular formula is C33H48ClN3O4S. The predicted octanol–water partition coefficient (Wildman–Crippen LogP) is 8.00. The first-order valence-electron chi connectivity index (χ1n) is 14.7. The molecule has 7 nitrogen and oxygen atoms in total. The molecule has 0 aliphatic heterocycles. The number of aryl methyl sites for hydroxylation is 3. The van der Waals surface area contributed by atoms with Gasteiger partial charge in [0.1, 0.15) is 17.7 Å². The van der Waals surface area contributed by atoms with Crippen LogP contribution < -0.4 is 10.6 Å². The van der Waals surface area contributed by atoms with E-state index >= 15 is 0 Å². The van der Waals surface area contributed by atoms with Crippen LogP contribution in [-0.4, -0.2) is 53.0 Å². The van der Waals surface area contributed by atoms with Crippen molar-refractivity contribution >= 4 is 47.0 Å². The first kappa shape index (κ1) is 35.5. The molecule has 2 aromatic carbocycles. The zero-order valence-electron chi connectivity index (χ0n) is 26.4. The fourth-order valence-electron chi connectivity index (χ4n) is 4.71. The zero-order valence-corrected chi connectivity index (χ0v) is 28.0. The number of hydrogen-bond donors (Lipinski definition) is 2. The van der Waals surface area contributed by atoms with Gasteiger partial charge in [-0.2, -0.15) is 11.8 Å². The normalized spacial score (nSPS) is 12.8. The second-order valence-electron chi connectivity index (χ2n) is 11.8. The number of nitrogens with one attached hydrogen (secondary N) is 2. The van der Waals surface area contributed by atoms with Crippen molar-refractivity contribution in [1.82, 2.24) is 10.2 Å². The van der Waals surface area contributed by atoms with E-state index in [0.29, 0.717) is 29.4 Å². The maximum atomic E-state index is 14.5. The largest absolute Gasteiger partial charge is 0.444 e. The van der Waals surface area contributed by atoms with Gasteiger partial charge in [-0.15, -0.1) is 0 Å². The molecule has 2 aromatic rings. The van der Waals surface area contributed by atoms with Gasteiger partial charge in [-0.3, -0.25) is 9.59 Å². The number of para-hydroxylation sites is 1. The molecule has 0 spiro atoms. The Hall–Kier alpha value is -2.71. The number of carbonyl (C=O) groups excluding carboxylic acids is 3. The molecule has 0 aliphatic rings. The first-order chi connectivity index (χ1) is 19.8. The molecule has 232 valence electrons. The van der Waals surface area contributed by atoms with Gasteiger partial charge in [0.05, 0.1) is 10.7 Å². The Balaban J connectivity index is 2.63. The second kappa shape index (κ2) is 16.8. The van der Waals surface area contributed by atoms with Crippen molar-refractivity contribution in [2.75, 3.05) is 23.9 Å². The Morgan fingerprint density at radius 1 is 1.02 bits per heavy atom. The molecule has 2 atom stereocenters. The van der Waals surface area contributed by atoms with Gasteiger partial charge in [-0.05, 0) is 89.1 Å². The molecule has 0 aliphatic carbocycles. The van der Waals surface area contributed by atoms with Crippen molar-refractivity contribution in [3.05, 3.63) is 63.7 Å². The molecule has 2 rings (SSSR count). The van der Waals surface area contributed by atoms with Crippen molar-refractivity contribution in [2.24, 2.45) is 0 Å². The van der Waals surface area contributed by atoms with Crippen LogP contribution in [-0.2, 0) is 14.3 Å². The number of hydrogen-bond acceptors (Lipinski definition) is 5. The molecule has 0 aromatic heterocycles. The number of carbonyl (C=O) groups is 3. The van der Waals surface area contributed by atoms with E-state index in [1.165, 1.54) is 0 Å². The van der Waals surface area contributed by atoms with Crippen molar-refractivity contribution in [2.45, 2.75) is 98.3 Å². The number of rotatable bonds is 14. The quantitative estimate of drug-likeness (QED) is 0.210. The fourth-order valence-corrected chi connectivity index (χ4v) is 5.45. The van der Waals surface area contributed by atoms with Crippen LogP contribution in [0, 0.1) is 20.8 Å². The Bertz CT molecular complexity index is 1190. The molecule has 0 fully saturated rings. The minimum Gasteiger partial charge on any atom is -0.444 e. The number of nitrogens with zero attached hydrogens (tertiary/aromatic N) is 1. The van der Waals surface area contributed by atoms with Crippen LogP contribution in [0.25, 0.3) is 0 Å². The van der Waals surface area contributed by atoms with E-state index < -0.39 is 23.8 Å². The standard InChI is InChI=1S/C33H48ClN3O4S/c1-9-10-11-12-19-37(31(39)27(18-20-42-8)35-32(40)41-33(5,6)7)29(25-21-22(2)16-17-23(25)3)30(38)36-28-24(4)14-13-15-26(28)34/h13-17,21,27,29H,9-12,18-20H2,1-8H3,(H,35,40)(H,36,38). The number of halogens is 1. The molecular weight excluding hydrogens is 570 g/mol. The lowest BCUT2D eigenvalue weighted by molar-refractivity contribution is -0.141. The molecule has 0 saturated heterocycles. The molecule has 0 bridgehead atoms. The maximum Gasteiger partial charge on any atom is 0.408 e. The highest BCUT2D eigenvalue weighted by molar-refractivity contribution is 7.98. The van der Waals surface area contributed by atoms with Gasteiger partial charge in [-0.1, -0.05) is 73.7 Å². The Kier molecular flexibility index (Phi) is 14.2. The third-order valence-corrected chi connectivity index (χ3v) is 7.85. The molecule has 0 saturated carbocycles. The van der Waals surface area contributed by atoms with Crippen LogP contribution in [0.15, 0.2) is 36.4 Å². The molecule has 0 radical (unpaired) electrons. The lowest BCUT2D eigenvalue weighted by Gasteiger charge is -2.35. The Morgan fingerprint density at radius 3 is 2.36 bits per heavy atom. The molecule has 9 heteroatoms. The van der Waals surface area contributed by atoms with Gasteiger partial charge >= 0.3 is 6.09 Å². The minimum atomic E-state index is -0.938. The molecule has 2 N–H and O–H groups in total. The topological polar surface area (TPSA) is 87.7 Å². The van der Waals surface area contributed by atoms with Crippen molar-refractivity contribution in [3.63, 3.8) is 0 Å². The number of ether oxygens (including phenoxy) is 1. The summed E-state index contributed by atoms with van der Waals surface area (Å²) < 4.78 is 5.50. The minimum absolute atomic E-state index is 0.316. The highest BCUT2D eigenvalue weighted by Crippen LogP contribution is 2.31. The number of unbranched alkanes of at least 4 members (excludes halogenated alkanes) is 3. The lowest BCUT2D eigenvalue weighted by Crippen LogP contribution is -2.53. The summed E-state index contributed by atoms with van der Waals surface area (Å²) in [6, 6.07) is 9.56. The van der Waals surface area contributed by atoms with E-state index in [2.05, 4.69) is 17.6 Å². The molecule has 3 amide bonds. The average molecular weight is 618 g/mol. The van der Waals surface area contributed by atoms with Crippen molar-refractivity contribution in [3.8, 4) is 0 Å². The van der Waals surface area contributed by atoms with Gasteiger partial charge in [0.15, 0.2) is 0 Å². The zero-order chi connectivity index (χ0) is 31.4. The Morgan fingerprint density at radius 2 is 1.74 bits per heavy atom. The van der Waals surface area contributed by atoms with Crippen LogP contribution in [0.2, 0.25) is 5.02 Å². The third kappa shape index (κ3) is 10.8. The third-order valence-electron chi connectivity index (χ3n) is 6.89. The van der Waals surface area contributed by atoms with Gasteiger partial charge in [-0.25, -0.2) is 4.79 Å². The monoisotopic (exact) mass is 617 g/mol. The van der Waals surface area contributed by atoms with Crippen LogP contribution >= 0.6 is 23.4 Å². The van der Waals surface area contributed by atoms with E-state index in [-0.39, 0.29) is 11.8 Å². The summed E-state index contributed by atoms with van der Waals surface area (Å²) in [6.45, 7) is 13.6. The maximum absolute atomic E-state index is 14.5. The highest BCUT2D eigenvalue weighted by Gasteiger charge is 2.37. The summed E-state index contributed by atoms with van der Waals surface area (Å²) >= 11 is 8.09. The summed E-state index contributed by atoms with van der Waals surface area (Å²) in [4.78, 5) is 43.2. The number of anilines is 1. The number of benzene rings is 2. The van der Waals surface area contributed by atoms with Gasteiger partial charge in [0, 0.05) is 6.54 Å². The number of alkyl carbamates (subject to hydrolysis) is 1. The smallest absolute Gasteiger partial charge is 0.408 e.